The summed E-state index contributed by atoms with van der Waals surface area (Å²) in [7, 11) is 1.83. The number of piperidine rings is 1. The van der Waals surface area contributed by atoms with Crippen molar-refractivity contribution >= 4 is 51.2 Å². The van der Waals surface area contributed by atoms with Crippen LogP contribution in [0.3, 0.4) is 0 Å². The van der Waals surface area contributed by atoms with Gasteiger partial charge in [-0.25, -0.2) is 0 Å². The number of ether oxygens (including phenoxy) is 3. The Hall–Kier alpha value is -2.69. The first-order valence-electron chi connectivity index (χ1n) is 14.8. The summed E-state index contributed by atoms with van der Waals surface area (Å²) in [5, 5.41) is 1.99. The molecule has 1 amide bonds. The first-order chi connectivity index (χ1) is 20.1. The van der Waals surface area contributed by atoms with Crippen molar-refractivity contribution in [3.05, 3.63) is 50.1 Å². The summed E-state index contributed by atoms with van der Waals surface area (Å²) in [5.74, 6) is 0.812. The molecule has 0 N–H and O–H groups in total. The minimum atomic E-state index is -0.802. The third-order valence-electron chi connectivity index (χ3n) is 10.1. The molecule has 2 aromatic rings. The third-order valence-corrected chi connectivity index (χ3v) is 11.7. The summed E-state index contributed by atoms with van der Waals surface area (Å²) in [6, 6.07) is 5.61. The van der Waals surface area contributed by atoms with Crippen LogP contribution in [0.5, 0.6) is 11.5 Å². The fourth-order valence-electron chi connectivity index (χ4n) is 8.36. The van der Waals surface area contributed by atoms with Crippen LogP contribution in [0.15, 0.2) is 34.1 Å². The van der Waals surface area contributed by atoms with Crippen molar-refractivity contribution in [1.29, 1.82) is 0 Å². The lowest BCUT2D eigenvalue weighted by Gasteiger charge is -2.65. The van der Waals surface area contributed by atoms with Gasteiger partial charge in [-0.15, -0.1) is 11.3 Å². The number of rotatable bonds is 7. The van der Waals surface area contributed by atoms with Crippen LogP contribution in [-0.2, 0) is 31.0 Å². The van der Waals surface area contributed by atoms with Crippen molar-refractivity contribution in [3.63, 3.8) is 0 Å². The maximum atomic E-state index is 13.6. The molecule has 3 heterocycles. The van der Waals surface area contributed by atoms with E-state index >= 15 is 0 Å². The van der Waals surface area contributed by atoms with Gasteiger partial charge in [0.25, 0.3) is 0 Å². The molecule has 7 rings (SSSR count). The van der Waals surface area contributed by atoms with E-state index in [1.807, 2.05) is 30.6 Å². The number of nitrogens with zero attached hydrogens (tertiary/aromatic N) is 2. The molecule has 1 spiro atoms. The SMILES string of the molecule is CC(=O)Oc1ccc2c3c1O[C@H]1[C@@H](N(C)C(=O)/C=C/c4cc(Br)cs4)CC[C@@]4(OC(C)=O)[C@@H](C2)N(CC2CC2)CC[C@]314. The predicted molar refractivity (Wildman–Crippen MR) is 162 cm³/mol. The second-order valence-corrected chi connectivity index (χ2v) is 14.3. The Morgan fingerprint density at radius 1 is 1.19 bits per heavy atom. The van der Waals surface area contributed by atoms with Crippen LogP contribution in [0.4, 0.5) is 0 Å². The zero-order valence-electron chi connectivity index (χ0n) is 24.1. The average Bonchev–Trinajstić information content (AvgIpc) is 3.54. The summed E-state index contributed by atoms with van der Waals surface area (Å²) >= 11 is 5.04. The second-order valence-electron chi connectivity index (χ2n) is 12.5. The average molecular weight is 656 g/mol. The van der Waals surface area contributed by atoms with Crippen LogP contribution in [-0.4, -0.2) is 71.6 Å². The van der Waals surface area contributed by atoms with Gasteiger partial charge in [0.1, 0.15) is 11.7 Å². The van der Waals surface area contributed by atoms with Crippen LogP contribution in [0.1, 0.15) is 62.0 Å². The molecule has 1 aromatic heterocycles. The van der Waals surface area contributed by atoms with Crippen LogP contribution in [0.2, 0.25) is 0 Å². The van der Waals surface area contributed by atoms with E-state index in [-0.39, 0.29) is 24.0 Å². The normalized spacial score (nSPS) is 30.9. The Kier molecular flexibility index (Phi) is 6.82. The number of thiophene rings is 1. The summed E-state index contributed by atoms with van der Waals surface area (Å²) in [6.07, 6.45) is 8.21. The minimum absolute atomic E-state index is 0.0130. The zero-order valence-corrected chi connectivity index (χ0v) is 26.5. The molecule has 2 bridgehead atoms. The van der Waals surface area contributed by atoms with Crippen molar-refractivity contribution in [2.24, 2.45) is 5.92 Å². The molecule has 0 unspecified atom stereocenters. The molecule has 0 radical (unpaired) electrons. The highest BCUT2D eigenvalue weighted by atomic mass is 79.9. The van der Waals surface area contributed by atoms with E-state index < -0.39 is 23.1 Å². The molecule has 1 saturated heterocycles. The maximum absolute atomic E-state index is 13.6. The lowest BCUT2D eigenvalue weighted by atomic mass is 9.48. The van der Waals surface area contributed by atoms with Crippen LogP contribution >= 0.6 is 27.3 Å². The third kappa shape index (κ3) is 4.27. The van der Waals surface area contributed by atoms with E-state index in [9.17, 15) is 14.4 Å². The number of likely N-dealkylation sites (tertiary alicyclic amines) is 1. The van der Waals surface area contributed by atoms with Gasteiger partial charge in [0.05, 0.1) is 17.5 Å². The van der Waals surface area contributed by atoms with Gasteiger partial charge < -0.3 is 19.1 Å². The molecule has 8 nitrogen and oxygen atoms in total. The molecular weight excluding hydrogens is 620 g/mol. The van der Waals surface area contributed by atoms with Gasteiger partial charge in [-0.05, 0) is 90.7 Å². The molecule has 2 aliphatic heterocycles. The quantitative estimate of drug-likeness (QED) is 0.233. The summed E-state index contributed by atoms with van der Waals surface area (Å²) in [5.41, 5.74) is 0.680. The number of hydrogen-bond donors (Lipinski definition) is 0. The molecule has 222 valence electrons. The minimum Gasteiger partial charge on any atom is -0.483 e. The van der Waals surface area contributed by atoms with Crippen molar-refractivity contribution in [2.75, 3.05) is 20.1 Å². The number of benzene rings is 1. The Bertz CT molecular complexity index is 1500. The fourth-order valence-corrected chi connectivity index (χ4v) is 9.70. The lowest BCUT2D eigenvalue weighted by molar-refractivity contribution is -0.223. The molecule has 1 aromatic carbocycles. The van der Waals surface area contributed by atoms with E-state index in [1.165, 1.54) is 26.7 Å². The Morgan fingerprint density at radius 2 is 2.00 bits per heavy atom. The van der Waals surface area contributed by atoms with Crippen molar-refractivity contribution < 1.29 is 28.6 Å². The van der Waals surface area contributed by atoms with Crippen molar-refractivity contribution in [2.45, 2.75) is 81.6 Å². The van der Waals surface area contributed by atoms with Gasteiger partial charge in [0.15, 0.2) is 11.5 Å². The molecule has 42 heavy (non-hydrogen) atoms. The van der Waals surface area contributed by atoms with Crippen LogP contribution < -0.4 is 9.47 Å². The van der Waals surface area contributed by atoms with Crippen molar-refractivity contribution in [3.8, 4) is 11.5 Å². The number of amides is 1. The highest BCUT2D eigenvalue weighted by molar-refractivity contribution is 9.10. The maximum Gasteiger partial charge on any atom is 0.308 e. The largest absolute Gasteiger partial charge is 0.483 e. The number of hydrogen-bond acceptors (Lipinski definition) is 8. The Labute approximate surface area is 258 Å². The highest BCUT2D eigenvalue weighted by Crippen LogP contribution is 2.67. The molecule has 5 atom stereocenters. The molecule has 5 aliphatic rings. The topological polar surface area (TPSA) is 85.4 Å². The summed E-state index contributed by atoms with van der Waals surface area (Å²) in [4.78, 5) is 43.9. The Balaban J connectivity index is 1.33. The van der Waals surface area contributed by atoms with E-state index in [0.717, 1.165) is 46.4 Å². The fraction of sp³-hybridized carbons (Fsp3) is 0.531. The van der Waals surface area contributed by atoms with Crippen LogP contribution in [0.25, 0.3) is 6.08 Å². The molecule has 3 aliphatic carbocycles. The van der Waals surface area contributed by atoms with Gasteiger partial charge in [-0.3, -0.25) is 19.3 Å². The monoisotopic (exact) mass is 654 g/mol. The lowest BCUT2D eigenvalue weighted by Crippen LogP contribution is -2.79. The summed E-state index contributed by atoms with van der Waals surface area (Å²) in [6.45, 7) is 4.75. The molecule has 10 heteroatoms. The molecule has 2 saturated carbocycles. The molecular formula is C32H35BrN2O6S. The van der Waals surface area contributed by atoms with Gasteiger partial charge in [0, 0.05) is 53.8 Å². The smallest absolute Gasteiger partial charge is 0.308 e. The molecule has 3 fully saturated rings. The number of halogens is 1. The van der Waals surface area contributed by atoms with Gasteiger partial charge in [0.2, 0.25) is 5.91 Å². The first-order valence-corrected chi connectivity index (χ1v) is 16.4. The first kappa shape index (κ1) is 28.1. The van der Waals surface area contributed by atoms with Crippen molar-refractivity contribution in [1.82, 2.24) is 9.80 Å². The van der Waals surface area contributed by atoms with E-state index in [1.54, 1.807) is 22.3 Å². The van der Waals surface area contributed by atoms with E-state index in [4.69, 9.17) is 14.2 Å². The van der Waals surface area contributed by atoms with Crippen LogP contribution in [0, 0.1) is 5.92 Å². The van der Waals surface area contributed by atoms with E-state index in [0.29, 0.717) is 30.3 Å². The second kappa shape index (κ2) is 10.2. The zero-order chi connectivity index (χ0) is 29.4. The standard InChI is InChI=1S/C32H35BrN2O6S/c1-18(36)39-25-8-6-21-14-26-32(41-19(2)37)11-10-24(34(3)27(38)9-7-23-15-22(33)17-42-23)30-31(32,28(21)29(25)40-30)12-13-35(26)16-20-4-5-20/h6-9,15,17,20,24,26,30H,4-5,10-14,16H2,1-3H3/b9-7+/t24-,26+,30-,31-,32+/m0/s1. The van der Waals surface area contributed by atoms with Gasteiger partial charge in [-0.1, -0.05) is 6.07 Å². The number of carbonyl (C=O) groups is 3. The van der Waals surface area contributed by atoms with E-state index in [2.05, 4.69) is 26.9 Å². The Morgan fingerprint density at radius 3 is 2.69 bits per heavy atom. The highest BCUT2D eigenvalue weighted by Gasteiger charge is 2.75. The van der Waals surface area contributed by atoms with Gasteiger partial charge >= 0.3 is 11.9 Å². The number of likely N-dealkylation sites (N-methyl/N-ethyl adjacent to an activating group) is 1. The predicted octanol–water partition coefficient (Wildman–Crippen LogP) is 5.11. The van der Waals surface area contributed by atoms with Gasteiger partial charge in [-0.2, -0.15) is 0 Å². The number of esters is 2. The summed E-state index contributed by atoms with van der Waals surface area (Å²) < 4.78 is 20.1. The number of carbonyl (C=O) groups excluding carboxylic acids is 3.